The lowest BCUT2D eigenvalue weighted by Crippen LogP contribution is -1.74. The van der Waals surface area contributed by atoms with Crippen molar-refractivity contribution in [1.29, 1.82) is 0 Å². The van der Waals surface area contributed by atoms with Gasteiger partial charge in [-0.15, -0.1) is 0 Å². The molecule has 62 valence electrons. The Morgan fingerprint density at radius 2 is 1.85 bits per heavy atom. The van der Waals surface area contributed by atoms with E-state index in [4.69, 9.17) is 0 Å². The van der Waals surface area contributed by atoms with Crippen LogP contribution < -0.4 is 0 Å². The number of aromatic nitrogens is 2. The summed E-state index contributed by atoms with van der Waals surface area (Å²) in [4.78, 5) is 0. The lowest BCUT2D eigenvalue weighted by molar-refractivity contribution is 0.316. The summed E-state index contributed by atoms with van der Waals surface area (Å²) in [5, 5.41) is 9.89. The molecule has 0 aliphatic heterocycles. The number of nitrogens with zero attached hydrogens (tertiary/aromatic N) is 2. The maximum Gasteiger partial charge on any atom is 0.143 e. The molecule has 1 aromatic heterocycles. The minimum atomic E-state index is 0.804. The van der Waals surface area contributed by atoms with E-state index in [1.54, 1.807) is 0 Å². The van der Waals surface area contributed by atoms with E-state index in [1.165, 1.54) is 0 Å². The second kappa shape index (κ2) is 2.29. The molecular formula is C10H6N2O. The van der Waals surface area contributed by atoms with Crippen LogP contribution in [0.2, 0.25) is 0 Å². The van der Waals surface area contributed by atoms with Gasteiger partial charge in [-0.05, 0) is 21.8 Å². The number of hydrogen-bond donors (Lipinski definition) is 0. The van der Waals surface area contributed by atoms with E-state index in [-0.39, 0.29) is 0 Å². The van der Waals surface area contributed by atoms with Crippen LogP contribution in [0.1, 0.15) is 0 Å². The van der Waals surface area contributed by atoms with E-state index >= 15 is 0 Å². The number of fused-ring (bicyclic) bond motifs is 3. The van der Waals surface area contributed by atoms with Crippen molar-refractivity contribution in [2.75, 3.05) is 0 Å². The molecular weight excluding hydrogens is 164 g/mol. The van der Waals surface area contributed by atoms with Crippen molar-refractivity contribution >= 4 is 21.8 Å². The molecule has 0 N–H and O–H groups in total. The summed E-state index contributed by atoms with van der Waals surface area (Å²) in [6.45, 7) is 0. The van der Waals surface area contributed by atoms with Crippen molar-refractivity contribution in [2.24, 2.45) is 0 Å². The van der Waals surface area contributed by atoms with Crippen molar-refractivity contribution in [3.05, 3.63) is 36.4 Å². The lowest BCUT2D eigenvalue weighted by Gasteiger charge is -1.94. The van der Waals surface area contributed by atoms with Crippen LogP contribution in [-0.4, -0.2) is 10.3 Å². The van der Waals surface area contributed by atoms with Gasteiger partial charge >= 0.3 is 0 Å². The first-order valence-corrected chi connectivity index (χ1v) is 4.05. The van der Waals surface area contributed by atoms with Gasteiger partial charge in [-0.25, -0.2) is 4.63 Å². The van der Waals surface area contributed by atoms with Crippen molar-refractivity contribution in [2.45, 2.75) is 0 Å². The highest BCUT2D eigenvalue weighted by atomic mass is 16.6. The van der Waals surface area contributed by atoms with Crippen molar-refractivity contribution in [3.63, 3.8) is 0 Å². The number of hydrogen-bond acceptors (Lipinski definition) is 3. The monoisotopic (exact) mass is 170 g/mol. The normalized spacial score (nSPS) is 11.1. The van der Waals surface area contributed by atoms with Gasteiger partial charge in [-0.2, -0.15) is 0 Å². The summed E-state index contributed by atoms with van der Waals surface area (Å²) in [5.41, 5.74) is 1.64. The molecule has 0 saturated carbocycles. The Morgan fingerprint density at radius 1 is 0.923 bits per heavy atom. The smallest absolute Gasteiger partial charge is 0.143 e. The van der Waals surface area contributed by atoms with Crippen molar-refractivity contribution in [3.8, 4) is 0 Å². The molecule has 0 fully saturated rings. The molecule has 0 aliphatic carbocycles. The van der Waals surface area contributed by atoms with Crippen molar-refractivity contribution in [1.82, 2.24) is 10.3 Å². The second-order valence-electron chi connectivity index (χ2n) is 2.92. The van der Waals surface area contributed by atoms with Crippen LogP contribution >= 0.6 is 0 Å². The fourth-order valence-electron chi connectivity index (χ4n) is 1.52. The van der Waals surface area contributed by atoms with Gasteiger partial charge < -0.3 is 0 Å². The van der Waals surface area contributed by atoms with E-state index in [0.717, 1.165) is 21.8 Å². The largest absolute Gasteiger partial charge is 0.243 e. The van der Waals surface area contributed by atoms with E-state index in [1.807, 2.05) is 36.4 Å². The summed E-state index contributed by atoms with van der Waals surface area (Å²) >= 11 is 0. The quantitative estimate of drug-likeness (QED) is 0.520. The molecule has 3 rings (SSSR count). The molecule has 13 heavy (non-hydrogen) atoms. The summed E-state index contributed by atoms with van der Waals surface area (Å²) in [6, 6.07) is 12.0. The molecule has 0 unspecified atom stereocenters. The van der Waals surface area contributed by atoms with Gasteiger partial charge in [0, 0.05) is 5.39 Å². The predicted octanol–water partition coefficient (Wildman–Crippen LogP) is 2.38. The minimum absolute atomic E-state index is 0.804. The fourth-order valence-corrected chi connectivity index (χ4v) is 1.52. The van der Waals surface area contributed by atoms with Gasteiger partial charge in [0.25, 0.3) is 0 Å². The Hall–Kier alpha value is -1.90. The highest BCUT2D eigenvalue weighted by molar-refractivity contribution is 6.03. The topological polar surface area (TPSA) is 38.9 Å². The minimum Gasteiger partial charge on any atom is -0.243 e. The van der Waals surface area contributed by atoms with Gasteiger partial charge in [0.2, 0.25) is 0 Å². The van der Waals surface area contributed by atoms with Gasteiger partial charge in [0.05, 0.1) is 0 Å². The Kier molecular flexibility index (Phi) is 1.16. The highest BCUT2D eigenvalue weighted by Gasteiger charge is 2.03. The van der Waals surface area contributed by atoms with E-state index < -0.39 is 0 Å². The van der Waals surface area contributed by atoms with Gasteiger partial charge in [-0.3, -0.25) is 0 Å². The van der Waals surface area contributed by atoms with Crippen LogP contribution in [0.4, 0.5) is 0 Å². The zero-order valence-electron chi connectivity index (χ0n) is 6.77. The molecule has 0 spiro atoms. The molecule has 0 bridgehead atoms. The first-order chi connectivity index (χ1) is 6.45. The Labute approximate surface area is 73.9 Å². The molecule has 3 aromatic rings. The lowest BCUT2D eigenvalue weighted by atomic mass is 10.1. The predicted molar refractivity (Wildman–Crippen MR) is 49.3 cm³/mol. The Bertz CT molecular complexity index is 571. The average Bonchev–Trinajstić information content (AvgIpc) is 2.65. The van der Waals surface area contributed by atoms with Crippen LogP contribution in [0, 0.1) is 0 Å². The van der Waals surface area contributed by atoms with E-state index in [2.05, 4.69) is 14.9 Å². The number of benzene rings is 2. The molecule has 0 atom stereocenters. The van der Waals surface area contributed by atoms with Crippen LogP contribution in [0.5, 0.6) is 0 Å². The molecule has 0 amide bonds. The summed E-state index contributed by atoms with van der Waals surface area (Å²) < 4.78 is 4.67. The van der Waals surface area contributed by atoms with E-state index in [0.29, 0.717) is 0 Å². The Balaban J connectivity index is 2.65. The standard InChI is InChI=1S/C10H6N2O/c1-2-4-8-7(3-1)5-6-9-10(8)12-13-11-9/h1-6H. The highest BCUT2D eigenvalue weighted by Crippen LogP contribution is 2.21. The van der Waals surface area contributed by atoms with Crippen molar-refractivity contribution < 1.29 is 4.63 Å². The summed E-state index contributed by atoms with van der Waals surface area (Å²) in [7, 11) is 0. The van der Waals surface area contributed by atoms with Crippen LogP contribution in [0.25, 0.3) is 21.8 Å². The third kappa shape index (κ3) is 0.839. The molecule has 1 heterocycles. The zero-order valence-corrected chi connectivity index (χ0v) is 6.77. The zero-order chi connectivity index (χ0) is 8.67. The van der Waals surface area contributed by atoms with Crippen LogP contribution in [0.15, 0.2) is 41.0 Å². The third-order valence-electron chi connectivity index (χ3n) is 2.15. The Morgan fingerprint density at radius 3 is 2.85 bits per heavy atom. The van der Waals surface area contributed by atoms with Gasteiger partial charge in [0.15, 0.2) is 0 Å². The molecule has 0 radical (unpaired) electrons. The van der Waals surface area contributed by atoms with Gasteiger partial charge in [-0.1, -0.05) is 30.3 Å². The maximum absolute atomic E-state index is 4.67. The average molecular weight is 170 g/mol. The van der Waals surface area contributed by atoms with Crippen LogP contribution in [-0.2, 0) is 0 Å². The molecule has 3 nitrogen and oxygen atoms in total. The van der Waals surface area contributed by atoms with Gasteiger partial charge in [0.1, 0.15) is 11.0 Å². The van der Waals surface area contributed by atoms with Crippen LogP contribution in [0.3, 0.4) is 0 Å². The first kappa shape index (κ1) is 6.60. The molecule has 2 aromatic carbocycles. The molecule has 0 saturated heterocycles. The SMILES string of the molecule is c1ccc2c(c1)ccc1nonc12. The maximum atomic E-state index is 4.67. The first-order valence-electron chi connectivity index (χ1n) is 4.05. The summed E-state index contributed by atoms with van der Waals surface area (Å²) in [6.07, 6.45) is 0. The second-order valence-corrected chi connectivity index (χ2v) is 2.92. The van der Waals surface area contributed by atoms with E-state index in [9.17, 15) is 0 Å². The fraction of sp³-hybridized carbons (Fsp3) is 0. The molecule has 0 aliphatic rings. The number of rotatable bonds is 0. The summed E-state index contributed by atoms with van der Waals surface area (Å²) in [5.74, 6) is 0. The molecule has 3 heteroatoms. The third-order valence-corrected chi connectivity index (χ3v) is 2.15.